The van der Waals surface area contributed by atoms with E-state index >= 15 is 0 Å². The number of amides is 2. The number of sulfonamides is 1. The third-order valence-corrected chi connectivity index (χ3v) is 5.48. The van der Waals surface area contributed by atoms with Crippen molar-refractivity contribution in [3.8, 4) is 0 Å². The van der Waals surface area contributed by atoms with Gasteiger partial charge in [-0.15, -0.1) is 0 Å². The Morgan fingerprint density at radius 3 is 2.04 bits per heavy atom. The third-order valence-electron chi connectivity index (χ3n) is 3.65. The topological polar surface area (TPSA) is 95.6 Å². The molecule has 2 amide bonds. The van der Waals surface area contributed by atoms with Gasteiger partial charge in [-0.1, -0.05) is 12.1 Å². The summed E-state index contributed by atoms with van der Waals surface area (Å²) >= 11 is 0. The molecule has 0 aliphatic carbocycles. The highest BCUT2D eigenvalue weighted by Gasteiger charge is 2.16. The van der Waals surface area contributed by atoms with Crippen LogP contribution < -0.4 is 10.6 Å². The minimum Gasteiger partial charge on any atom is -0.352 e. The van der Waals surface area contributed by atoms with Crippen LogP contribution >= 0.6 is 0 Å². The molecule has 0 bridgehead atoms. The Hall–Kier alpha value is -2.71. The molecule has 0 aromatic heterocycles. The molecule has 0 unspecified atom stereocenters. The van der Waals surface area contributed by atoms with E-state index in [1.54, 1.807) is 36.4 Å². The third kappa shape index (κ3) is 4.90. The first kappa shape index (κ1) is 19.6. The molecule has 2 rings (SSSR count). The summed E-state index contributed by atoms with van der Waals surface area (Å²) < 4.78 is 25.2. The first-order valence-electron chi connectivity index (χ1n) is 7.87. The van der Waals surface area contributed by atoms with Gasteiger partial charge in [0.2, 0.25) is 15.9 Å². The van der Waals surface area contributed by atoms with E-state index in [2.05, 4.69) is 10.6 Å². The van der Waals surface area contributed by atoms with Crippen molar-refractivity contribution in [1.82, 2.24) is 9.62 Å². The Morgan fingerprint density at radius 2 is 1.54 bits per heavy atom. The molecule has 0 atom stereocenters. The highest BCUT2D eigenvalue weighted by molar-refractivity contribution is 7.89. The fourth-order valence-corrected chi connectivity index (χ4v) is 3.03. The van der Waals surface area contributed by atoms with Crippen LogP contribution in [-0.4, -0.2) is 38.6 Å². The lowest BCUT2D eigenvalue weighted by atomic mass is 10.1. The van der Waals surface area contributed by atoms with Crippen LogP contribution in [0.1, 0.15) is 22.8 Å². The van der Waals surface area contributed by atoms with Crippen molar-refractivity contribution in [2.75, 3.05) is 19.4 Å². The van der Waals surface area contributed by atoms with Crippen molar-refractivity contribution in [2.45, 2.75) is 18.4 Å². The number of rotatable bonds is 6. The van der Waals surface area contributed by atoms with E-state index in [4.69, 9.17) is 0 Å². The van der Waals surface area contributed by atoms with E-state index in [9.17, 15) is 18.0 Å². The van der Waals surface area contributed by atoms with Crippen LogP contribution in [0.25, 0.3) is 0 Å². The van der Waals surface area contributed by atoms with Crippen LogP contribution in [0.15, 0.2) is 53.4 Å². The number of nitrogens with zero attached hydrogens (tertiary/aromatic N) is 1. The number of benzene rings is 2. The van der Waals surface area contributed by atoms with E-state index in [-0.39, 0.29) is 16.7 Å². The van der Waals surface area contributed by atoms with Gasteiger partial charge < -0.3 is 10.6 Å². The minimum absolute atomic E-state index is 0.119. The second kappa shape index (κ2) is 8.11. The average molecular weight is 375 g/mol. The van der Waals surface area contributed by atoms with Gasteiger partial charge in [-0.3, -0.25) is 9.59 Å². The molecule has 138 valence electrons. The molecule has 2 aromatic carbocycles. The quantitative estimate of drug-likeness (QED) is 0.805. The van der Waals surface area contributed by atoms with Crippen LogP contribution in [-0.2, 0) is 21.4 Å². The van der Waals surface area contributed by atoms with E-state index < -0.39 is 10.0 Å². The molecule has 2 N–H and O–H groups in total. The Kier molecular flexibility index (Phi) is 6.12. The lowest BCUT2D eigenvalue weighted by Gasteiger charge is -2.12. The van der Waals surface area contributed by atoms with Crippen molar-refractivity contribution in [1.29, 1.82) is 0 Å². The van der Waals surface area contributed by atoms with Crippen molar-refractivity contribution in [3.63, 3.8) is 0 Å². The van der Waals surface area contributed by atoms with Crippen molar-refractivity contribution >= 4 is 27.5 Å². The molecule has 8 heteroatoms. The zero-order valence-electron chi connectivity index (χ0n) is 14.8. The van der Waals surface area contributed by atoms with Gasteiger partial charge in [0.15, 0.2) is 0 Å². The smallest absolute Gasteiger partial charge is 0.255 e. The molecular formula is C18H21N3O4S. The predicted octanol–water partition coefficient (Wildman–Crippen LogP) is 1.83. The van der Waals surface area contributed by atoms with E-state index in [1.807, 2.05) is 0 Å². The highest BCUT2D eigenvalue weighted by atomic mass is 32.2. The minimum atomic E-state index is -3.50. The maximum absolute atomic E-state index is 12.3. The largest absolute Gasteiger partial charge is 0.352 e. The Bertz CT molecular complexity index is 889. The summed E-state index contributed by atoms with van der Waals surface area (Å²) in [6, 6.07) is 12.8. The monoisotopic (exact) mass is 375 g/mol. The normalized spacial score (nSPS) is 11.2. The van der Waals surface area contributed by atoms with E-state index in [0.29, 0.717) is 17.8 Å². The fraction of sp³-hybridized carbons (Fsp3) is 0.222. The zero-order chi connectivity index (χ0) is 19.3. The molecule has 0 spiro atoms. The van der Waals surface area contributed by atoms with Gasteiger partial charge in [0, 0.05) is 38.8 Å². The Labute approximate surface area is 153 Å². The summed E-state index contributed by atoms with van der Waals surface area (Å²) in [5, 5.41) is 5.40. The molecule has 26 heavy (non-hydrogen) atoms. The lowest BCUT2D eigenvalue weighted by molar-refractivity contribution is -0.119. The molecule has 0 radical (unpaired) electrons. The average Bonchev–Trinajstić information content (AvgIpc) is 2.60. The van der Waals surface area contributed by atoms with Gasteiger partial charge in [0.1, 0.15) is 0 Å². The van der Waals surface area contributed by atoms with Crippen molar-refractivity contribution < 1.29 is 18.0 Å². The van der Waals surface area contributed by atoms with Crippen molar-refractivity contribution in [2.24, 2.45) is 0 Å². The Morgan fingerprint density at radius 1 is 0.962 bits per heavy atom. The van der Waals surface area contributed by atoms with Gasteiger partial charge in [0.05, 0.1) is 4.90 Å². The predicted molar refractivity (Wildman–Crippen MR) is 99.2 cm³/mol. The van der Waals surface area contributed by atoms with Crippen LogP contribution in [0.4, 0.5) is 5.69 Å². The molecule has 7 nitrogen and oxygen atoms in total. The maximum Gasteiger partial charge on any atom is 0.255 e. The molecule has 0 fully saturated rings. The lowest BCUT2D eigenvalue weighted by Crippen LogP contribution is -2.22. The molecule has 2 aromatic rings. The molecule has 0 heterocycles. The number of carbonyl (C=O) groups is 2. The number of carbonyl (C=O) groups excluding carboxylic acids is 2. The summed E-state index contributed by atoms with van der Waals surface area (Å²) in [7, 11) is -0.582. The van der Waals surface area contributed by atoms with Crippen LogP contribution in [0.5, 0.6) is 0 Å². The second-order valence-corrected chi connectivity index (χ2v) is 8.02. The maximum atomic E-state index is 12.3. The van der Waals surface area contributed by atoms with E-state index in [1.165, 1.54) is 33.2 Å². The van der Waals surface area contributed by atoms with Gasteiger partial charge in [-0.05, 0) is 42.0 Å². The number of nitrogens with one attached hydrogen (secondary N) is 2. The summed E-state index contributed by atoms with van der Waals surface area (Å²) in [5.74, 6) is -0.425. The van der Waals surface area contributed by atoms with Crippen LogP contribution in [0.3, 0.4) is 0 Å². The molecule has 0 aliphatic heterocycles. The first-order chi connectivity index (χ1) is 12.2. The first-order valence-corrected chi connectivity index (χ1v) is 9.31. The summed E-state index contributed by atoms with van der Waals surface area (Å²) in [6.07, 6.45) is 0. The molecule has 0 saturated carbocycles. The number of anilines is 1. The number of hydrogen-bond donors (Lipinski definition) is 2. The zero-order valence-corrected chi connectivity index (χ0v) is 15.6. The summed E-state index contributed by atoms with van der Waals surface area (Å²) in [4.78, 5) is 23.3. The number of hydrogen-bond acceptors (Lipinski definition) is 4. The molecule has 0 saturated heterocycles. The van der Waals surface area contributed by atoms with Crippen LogP contribution in [0, 0.1) is 0 Å². The van der Waals surface area contributed by atoms with Gasteiger partial charge in [-0.25, -0.2) is 12.7 Å². The molecule has 0 aliphatic rings. The van der Waals surface area contributed by atoms with Gasteiger partial charge in [-0.2, -0.15) is 0 Å². The Balaban J connectivity index is 2.04. The van der Waals surface area contributed by atoms with Gasteiger partial charge >= 0.3 is 0 Å². The standard InChI is InChI=1S/C18H21N3O4S/c1-13(22)19-12-14-4-6-15(7-5-14)18(23)20-16-8-10-17(11-9-16)26(24,25)21(2)3/h4-11H,12H2,1-3H3,(H,19,22)(H,20,23). The SMILES string of the molecule is CC(=O)NCc1ccc(C(=O)Nc2ccc(S(=O)(=O)N(C)C)cc2)cc1. The van der Waals surface area contributed by atoms with Gasteiger partial charge in [0.25, 0.3) is 5.91 Å². The second-order valence-electron chi connectivity index (χ2n) is 5.87. The van der Waals surface area contributed by atoms with Crippen LogP contribution in [0.2, 0.25) is 0 Å². The van der Waals surface area contributed by atoms with E-state index in [0.717, 1.165) is 9.87 Å². The summed E-state index contributed by atoms with van der Waals surface area (Å²) in [6.45, 7) is 1.84. The summed E-state index contributed by atoms with van der Waals surface area (Å²) in [5.41, 5.74) is 1.84. The fourth-order valence-electron chi connectivity index (χ4n) is 2.12. The molecular weight excluding hydrogens is 354 g/mol. The highest BCUT2D eigenvalue weighted by Crippen LogP contribution is 2.17. The van der Waals surface area contributed by atoms with Crippen molar-refractivity contribution in [3.05, 3.63) is 59.7 Å².